The Kier molecular flexibility index (Phi) is 5.01. The molecule has 1 aliphatic heterocycles. The van der Waals surface area contributed by atoms with Gasteiger partial charge in [0.15, 0.2) is 0 Å². The van der Waals surface area contributed by atoms with E-state index in [-0.39, 0.29) is 5.91 Å². The quantitative estimate of drug-likeness (QED) is 0.690. The van der Waals surface area contributed by atoms with Gasteiger partial charge in [-0.1, -0.05) is 22.9 Å². The van der Waals surface area contributed by atoms with Crippen LogP contribution in [0.2, 0.25) is 0 Å². The van der Waals surface area contributed by atoms with Gasteiger partial charge < -0.3 is 4.90 Å². The number of hydrogen-bond donors (Lipinski definition) is 0. The lowest BCUT2D eigenvalue weighted by atomic mass is 9.94. The highest BCUT2D eigenvalue weighted by molar-refractivity contribution is 9.10. The molecule has 104 valence electrons. The van der Waals surface area contributed by atoms with E-state index in [1.54, 1.807) is 12.1 Å². The van der Waals surface area contributed by atoms with Gasteiger partial charge >= 0.3 is 0 Å². The lowest BCUT2D eigenvalue weighted by molar-refractivity contribution is 0.0691. The van der Waals surface area contributed by atoms with Gasteiger partial charge in [-0.15, -0.1) is 0 Å². The van der Waals surface area contributed by atoms with Gasteiger partial charge in [0, 0.05) is 23.5 Å². The zero-order chi connectivity index (χ0) is 14.0. The van der Waals surface area contributed by atoms with E-state index < -0.39 is 5.82 Å². The van der Waals surface area contributed by atoms with Gasteiger partial charge in [-0.2, -0.15) is 0 Å². The molecular formula is C14H16Br2FNO. The van der Waals surface area contributed by atoms with Crippen molar-refractivity contribution in [2.75, 3.05) is 13.1 Å². The molecule has 0 saturated carbocycles. The Hall–Kier alpha value is -0.420. The number of benzene rings is 1. The minimum atomic E-state index is -0.394. The van der Waals surface area contributed by atoms with Crippen molar-refractivity contribution in [2.24, 2.45) is 5.92 Å². The first-order chi connectivity index (χ1) is 8.99. The molecule has 0 radical (unpaired) electrons. The van der Waals surface area contributed by atoms with Crippen LogP contribution >= 0.6 is 31.9 Å². The van der Waals surface area contributed by atoms with Gasteiger partial charge in [0.1, 0.15) is 5.82 Å². The molecule has 0 spiro atoms. The van der Waals surface area contributed by atoms with Crippen LogP contribution in [-0.4, -0.2) is 28.7 Å². The third kappa shape index (κ3) is 3.57. The van der Waals surface area contributed by atoms with Crippen LogP contribution in [0.5, 0.6) is 0 Å². The van der Waals surface area contributed by atoms with Gasteiger partial charge in [0.25, 0.3) is 5.91 Å². The predicted octanol–water partition coefficient (Wildman–Crippen LogP) is 4.22. The van der Waals surface area contributed by atoms with Crippen molar-refractivity contribution in [3.63, 3.8) is 0 Å². The third-order valence-corrected chi connectivity index (χ3v) is 5.03. The van der Waals surface area contributed by atoms with E-state index >= 15 is 0 Å². The van der Waals surface area contributed by atoms with Crippen molar-refractivity contribution in [3.05, 3.63) is 34.1 Å². The van der Waals surface area contributed by atoms with Crippen LogP contribution in [0.4, 0.5) is 4.39 Å². The summed E-state index contributed by atoms with van der Waals surface area (Å²) in [5, 5.41) is 0. The van der Waals surface area contributed by atoms with E-state index in [4.69, 9.17) is 0 Å². The summed E-state index contributed by atoms with van der Waals surface area (Å²) >= 11 is 6.69. The number of hydrogen-bond acceptors (Lipinski definition) is 1. The van der Waals surface area contributed by atoms with Crippen molar-refractivity contribution in [1.29, 1.82) is 0 Å². The molecule has 1 unspecified atom stereocenters. The second kappa shape index (κ2) is 6.35. The number of carbonyl (C=O) groups excluding carboxylic acids is 1. The maximum Gasteiger partial charge on any atom is 0.253 e. The molecule has 0 aliphatic carbocycles. The SMILES string of the molecule is CC(Br)C1CCN(C(=O)c2ccc(Br)c(F)c2)CC1. The van der Waals surface area contributed by atoms with E-state index in [2.05, 4.69) is 38.8 Å². The van der Waals surface area contributed by atoms with Gasteiger partial charge in [-0.05, 0) is 52.9 Å². The van der Waals surface area contributed by atoms with Crippen molar-refractivity contribution < 1.29 is 9.18 Å². The molecule has 1 fully saturated rings. The fourth-order valence-electron chi connectivity index (χ4n) is 2.37. The Labute approximate surface area is 129 Å². The molecule has 1 aromatic rings. The van der Waals surface area contributed by atoms with Crippen LogP contribution in [0.15, 0.2) is 22.7 Å². The number of likely N-dealkylation sites (tertiary alicyclic amines) is 1. The predicted molar refractivity (Wildman–Crippen MR) is 81.1 cm³/mol. The lowest BCUT2D eigenvalue weighted by Gasteiger charge is -2.33. The van der Waals surface area contributed by atoms with Crippen LogP contribution in [0.25, 0.3) is 0 Å². The van der Waals surface area contributed by atoms with Crippen molar-refractivity contribution in [2.45, 2.75) is 24.6 Å². The second-order valence-electron chi connectivity index (χ2n) is 4.94. The Bertz CT molecular complexity index is 471. The first-order valence-electron chi connectivity index (χ1n) is 6.37. The molecule has 0 aromatic heterocycles. The number of amides is 1. The zero-order valence-corrected chi connectivity index (χ0v) is 13.9. The number of alkyl halides is 1. The third-order valence-electron chi connectivity index (χ3n) is 3.64. The molecule has 1 amide bonds. The van der Waals surface area contributed by atoms with Crippen LogP contribution in [-0.2, 0) is 0 Å². The molecule has 2 rings (SSSR count). The van der Waals surface area contributed by atoms with E-state index in [0.29, 0.717) is 20.8 Å². The minimum Gasteiger partial charge on any atom is -0.339 e. The molecule has 1 atom stereocenters. The summed E-state index contributed by atoms with van der Waals surface area (Å²) in [5.41, 5.74) is 0.422. The molecule has 0 bridgehead atoms. The normalized spacial score (nSPS) is 18.4. The zero-order valence-electron chi connectivity index (χ0n) is 10.7. The van der Waals surface area contributed by atoms with Crippen LogP contribution in [0.1, 0.15) is 30.1 Å². The Morgan fingerprint density at radius 3 is 2.58 bits per heavy atom. The number of nitrogens with zero attached hydrogens (tertiary/aromatic N) is 1. The van der Waals surface area contributed by atoms with Crippen molar-refractivity contribution in [3.8, 4) is 0 Å². The van der Waals surface area contributed by atoms with Gasteiger partial charge in [-0.25, -0.2) is 4.39 Å². The van der Waals surface area contributed by atoms with E-state index in [9.17, 15) is 9.18 Å². The Morgan fingerprint density at radius 1 is 1.42 bits per heavy atom. The highest BCUT2D eigenvalue weighted by Gasteiger charge is 2.26. The largest absolute Gasteiger partial charge is 0.339 e. The first kappa shape index (κ1) is 15.0. The van der Waals surface area contributed by atoms with Crippen molar-refractivity contribution in [1.82, 2.24) is 4.90 Å². The molecule has 2 nitrogen and oxygen atoms in total. The summed E-state index contributed by atoms with van der Waals surface area (Å²) in [6, 6.07) is 4.54. The first-order valence-corrected chi connectivity index (χ1v) is 8.08. The molecular weight excluding hydrogens is 377 g/mol. The van der Waals surface area contributed by atoms with E-state index in [1.807, 2.05) is 4.90 Å². The highest BCUT2D eigenvalue weighted by Crippen LogP contribution is 2.26. The smallest absolute Gasteiger partial charge is 0.253 e. The van der Waals surface area contributed by atoms with E-state index in [1.165, 1.54) is 6.07 Å². The molecule has 5 heteroatoms. The number of rotatable bonds is 2. The number of carbonyl (C=O) groups is 1. The monoisotopic (exact) mass is 391 g/mol. The van der Waals surface area contributed by atoms with Gasteiger partial charge in [0.05, 0.1) is 4.47 Å². The van der Waals surface area contributed by atoms with Crippen LogP contribution in [0, 0.1) is 11.7 Å². The fourth-order valence-corrected chi connectivity index (χ4v) is 3.15. The summed E-state index contributed by atoms with van der Waals surface area (Å²) < 4.78 is 13.8. The standard InChI is InChI=1S/C14H16Br2FNO/c1-9(15)10-4-6-18(7-5-10)14(19)11-2-3-12(16)13(17)8-11/h2-3,8-10H,4-7H2,1H3. The summed E-state index contributed by atoms with van der Waals surface area (Å²) in [4.78, 5) is 14.6. The summed E-state index contributed by atoms with van der Waals surface area (Å²) in [5.74, 6) is 0.146. The number of piperidine rings is 1. The molecule has 1 saturated heterocycles. The molecule has 1 aromatic carbocycles. The van der Waals surface area contributed by atoms with Gasteiger partial charge in [0.2, 0.25) is 0 Å². The maximum absolute atomic E-state index is 13.5. The second-order valence-corrected chi connectivity index (χ2v) is 7.23. The fraction of sp³-hybridized carbons (Fsp3) is 0.500. The molecule has 1 heterocycles. The van der Waals surface area contributed by atoms with E-state index in [0.717, 1.165) is 25.9 Å². The lowest BCUT2D eigenvalue weighted by Crippen LogP contribution is -2.40. The topological polar surface area (TPSA) is 20.3 Å². The van der Waals surface area contributed by atoms with Crippen molar-refractivity contribution >= 4 is 37.8 Å². The average Bonchev–Trinajstić information content (AvgIpc) is 2.41. The molecule has 1 aliphatic rings. The molecule has 0 N–H and O–H groups in total. The molecule has 19 heavy (non-hydrogen) atoms. The van der Waals surface area contributed by atoms with Crippen LogP contribution < -0.4 is 0 Å². The highest BCUT2D eigenvalue weighted by atomic mass is 79.9. The minimum absolute atomic E-state index is 0.0768. The summed E-state index contributed by atoms with van der Waals surface area (Å²) in [6.07, 6.45) is 1.99. The van der Waals surface area contributed by atoms with Crippen LogP contribution in [0.3, 0.4) is 0 Å². The maximum atomic E-state index is 13.5. The average molecular weight is 393 g/mol. The number of halogens is 3. The Morgan fingerprint density at radius 2 is 2.05 bits per heavy atom. The Balaban J connectivity index is 2.03. The summed E-state index contributed by atoms with van der Waals surface area (Å²) in [7, 11) is 0. The summed E-state index contributed by atoms with van der Waals surface area (Å²) in [6.45, 7) is 3.64. The van der Waals surface area contributed by atoms with Gasteiger partial charge in [-0.3, -0.25) is 4.79 Å².